The van der Waals surface area contributed by atoms with E-state index < -0.39 is 6.04 Å². The van der Waals surface area contributed by atoms with Crippen LogP contribution in [0.2, 0.25) is 0 Å². The Balaban J connectivity index is 1.53. The van der Waals surface area contributed by atoms with Gasteiger partial charge in [-0.2, -0.15) is 0 Å². The van der Waals surface area contributed by atoms with Crippen LogP contribution in [0.5, 0.6) is 0 Å². The van der Waals surface area contributed by atoms with Gasteiger partial charge >= 0.3 is 0 Å². The van der Waals surface area contributed by atoms with Crippen molar-refractivity contribution in [3.8, 4) is 5.69 Å². The summed E-state index contributed by atoms with van der Waals surface area (Å²) in [6.07, 6.45) is 1.62. The molecule has 1 aromatic heterocycles. The Morgan fingerprint density at radius 1 is 1.26 bits per heavy atom. The molecule has 1 saturated heterocycles. The number of benzene rings is 1. The van der Waals surface area contributed by atoms with Crippen LogP contribution < -0.4 is 5.32 Å². The molecule has 0 bridgehead atoms. The summed E-state index contributed by atoms with van der Waals surface area (Å²) in [7, 11) is 0. The molecule has 8 nitrogen and oxygen atoms in total. The van der Waals surface area contributed by atoms with Gasteiger partial charge in [-0.3, -0.25) is 14.2 Å². The molecule has 1 N–H and O–H groups in total. The predicted molar refractivity (Wildman–Crippen MR) is 102 cm³/mol. The monoisotopic (exact) mass is 389 g/mol. The summed E-state index contributed by atoms with van der Waals surface area (Å²) in [4.78, 5) is 26.3. The molecule has 0 spiro atoms. The summed E-state index contributed by atoms with van der Waals surface area (Å²) in [5.41, 5.74) is 2.10. The highest BCUT2D eigenvalue weighted by molar-refractivity contribution is 7.99. The van der Waals surface area contributed by atoms with Gasteiger partial charge in [-0.05, 0) is 26.0 Å². The van der Waals surface area contributed by atoms with E-state index in [1.165, 1.54) is 17.3 Å². The zero-order valence-corrected chi connectivity index (χ0v) is 16.2. The molecule has 2 aromatic rings. The first kappa shape index (κ1) is 19.4. The van der Waals surface area contributed by atoms with Gasteiger partial charge in [0, 0.05) is 18.8 Å². The maximum atomic E-state index is 12.4. The van der Waals surface area contributed by atoms with Crippen molar-refractivity contribution in [2.24, 2.45) is 0 Å². The molecule has 0 saturated carbocycles. The van der Waals surface area contributed by atoms with E-state index >= 15 is 0 Å². The van der Waals surface area contributed by atoms with E-state index in [0.717, 1.165) is 5.69 Å². The van der Waals surface area contributed by atoms with Crippen LogP contribution in [0.4, 0.5) is 0 Å². The van der Waals surface area contributed by atoms with Crippen LogP contribution in [0.15, 0.2) is 35.7 Å². The maximum absolute atomic E-state index is 12.4. The summed E-state index contributed by atoms with van der Waals surface area (Å²) < 4.78 is 7.08. The average molecular weight is 389 g/mol. The first-order chi connectivity index (χ1) is 13.0. The van der Waals surface area contributed by atoms with Crippen molar-refractivity contribution in [1.82, 2.24) is 25.0 Å². The van der Waals surface area contributed by atoms with Gasteiger partial charge in [0.25, 0.3) is 0 Å². The number of hydrogen-bond acceptors (Lipinski definition) is 6. The van der Waals surface area contributed by atoms with Crippen LogP contribution >= 0.6 is 11.8 Å². The maximum Gasteiger partial charge on any atom is 0.245 e. The number of rotatable bonds is 6. The molecule has 2 amide bonds. The molecule has 1 fully saturated rings. The van der Waals surface area contributed by atoms with Crippen molar-refractivity contribution in [2.75, 3.05) is 32.1 Å². The summed E-state index contributed by atoms with van der Waals surface area (Å²) in [5, 5.41) is 11.4. The molecule has 9 heteroatoms. The number of thioether (sulfide) groups is 1. The number of morpholine rings is 1. The van der Waals surface area contributed by atoms with Gasteiger partial charge in [0.15, 0.2) is 5.16 Å². The number of carbonyl (C=O) groups excluding carboxylic acids is 2. The number of ether oxygens (including phenoxy) is 1. The lowest BCUT2D eigenvalue weighted by molar-refractivity contribution is -0.139. The van der Waals surface area contributed by atoms with Gasteiger partial charge in [0.05, 0.1) is 19.0 Å². The van der Waals surface area contributed by atoms with E-state index in [1.54, 1.807) is 18.2 Å². The Bertz CT molecular complexity index is 787. The van der Waals surface area contributed by atoms with Crippen LogP contribution in [-0.2, 0) is 14.3 Å². The number of aryl methyl sites for hydroxylation is 1. The van der Waals surface area contributed by atoms with Crippen LogP contribution in [0.1, 0.15) is 12.5 Å². The van der Waals surface area contributed by atoms with Gasteiger partial charge in [-0.25, -0.2) is 0 Å². The third kappa shape index (κ3) is 5.08. The molecule has 0 aliphatic carbocycles. The van der Waals surface area contributed by atoms with Gasteiger partial charge in [-0.15, -0.1) is 10.2 Å². The lowest BCUT2D eigenvalue weighted by atomic mass is 10.2. The van der Waals surface area contributed by atoms with Crippen molar-refractivity contribution in [3.63, 3.8) is 0 Å². The molecule has 1 aromatic carbocycles. The predicted octanol–water partition coefficient (Wildman–Crippen LogP) is 1.03. The Morgan fingerprint density at radius 2 is 1.96 bits per heavy atom. The van der Waals surface area contributed by atoms with Crippen LogP contribution in [0, 0.1) is 6.92 Å². The molecule has 1 aliphatic heterocycles. The Labute approximate surface area is 162 Å². The van der Waals surface area contributed by atoms with E-state index in [2.05, 4.69) is 15.5 Å². The minimum Gasteiger partial charge on any atom is -0.378 e. The summed E-state index contributed by atoms with van der Waals surface area (Å²) in [6.45, 7) is 5.93. The van der Waals surface area contributed by atoms with E-state index in [-0.39, 0.29) is 17.6 Å². The minimum atomic E-state index is -0.564. The topological polar surface area (TPSA) is 89.3 Å². The Morgan fingerprint density at radius 3 is 2.67 bits per heavy atom. The highest BCUT2D eigenvalue weighted by Gasteiger charge is 2.23. The highest BCUT2D eigenvalue weighted by atomic mass is 32.2. The Hall–Kier alpha value is -2.39. The fourth-order valence-corrected chi connectivity index (χ4v) is 3.48. The lowest BCUT2D eigenvalue weighted by Crippen LogP contribution is -2.50. The van der Waals surface area contributed by atoms with Gasteiger partial charge < -0.3 is 15.0 Å². The number of aromatic nitrogens is 3. The largest absolute Gasteiger partial charge is 0.378 e. The van der Waals surface area contributed by atoms with Crippen molar-refractivity contribution in [2.45, 2.75) is 25.0 Å². The standard InChI is InChI=1S/C18H23N5O3S/c1-13-3-5-15(6-4-13)23-12-19-21-18(23)27-11-16(24)20-14(2)17(25)22-7-9-26-10-8-22/h3-6,12,14H,7-11H2,1-2H3,(H,20,24)/t14-/m1/s1. The number of carbonyl (C=O) groups is 2. The first-order valence-electron chi connectivity index (χ1n) is 8.80. The summed E-state index contributed by atoms with van der Waals surface area (Å²) >= 11 is 1.28. The molecule has 1 aliphatic rings. The molecule has 2 heterocycles. The molecule has 27 heavy (non-hydrogen) atoms. The van der Waals surface area contributed by atoms with E-state index in [1.807, 2.05) is 35.8 Å². The normalized spacial score (nSPS) is 15.4. The second-order valence-electron chi connectivity index (χ2n) is 6.33. The zero-order chi connectivity index (χ0) is 19.2. The Kier molecular flexibility index (Phi) is 6.46. The number of amides is 2. The smallest absolute Gasteiger partial charge is 0.245 e. The zero-order valence-electron chi connectivity index (χ0n) is 15.4. The SMILES string of the molecule is Cc1ccc(-n2cnnc2SCC(=O)N[C@H](C)C(=O)N2CCOCC2)cc1. The third-order valence-corrected chi connectivity index (χ3v) is 5.17. The quantitative estimate of drug-likeness (QED) is 0.743. The lowest BCUT2D eigenvalue weighted by Gasteiger charge is -2.29. The van der Waals surface area contributed by atoms with Crippen molar-refractivity contribution in [1.29, 1.82) is 0 Å². The third-order valence-electron chi connectivity index (χ3n) is 4.23. The second-order valence-corrected chi connectivity index (χ2v) is 7.28. The van der Waals surface area contributed by atoms with Crippen molar-refractivity contribution < 1.29 is 14.3 Å². The van der Waals surface area contributed by atoms with Gasteiger partial charge in [-0.1, -0.05) is 29.5 Å². The minimum absolute atomic E-state index is 0.0838. The highest BCUT2D eigenvalue weighted by Crippen LogP contribution is 2.19. The molecular weight excluding hydrogens is 366 g/mol. The number of nitrogens with one attached hydrogen (secondary N) is 1. The molecular formula is C18H23N5O3S. The summed E-state index contributed by atoms with van der Waals surface area (Å²) in [6, 6.07) is 7.41. The molecule has 144 valence electrons. The number of nitrogens with zero attached hydrogens (tertiary/aromatic N) is 4. The van der Waals surface area contributed by atoms with Crippen LogP contribution in [0.25, 0.3) is 5.69 Å². The fourth-order valence-electron chi connectivity index (χ4n) is 2.74. The average Bonchev–Trinajstić information content (AvgIpc) is 3.15. The van der Waals surface area contributed by atoms with Crippen molar-refractivity contribution >= 4 is 23.6 Å². The molecule has 0 unspecified atom stereocenters. The fraction of sp³-hybridized carbons (Fsp3) is 0.444. The molecule has 0 radical (unpaired) electrons. The van der Waals surface area contributed by atoms with E-state index in [4.69, 9.17) is 4.74 Å². The van der Waals surface area contributed by atoms with Crippen molar-refractivity contribution in [3.05, 3.63) is 36.2 Å². The van der Waals surface area contributed by atoms with E-state index in [9.17, 15) is 9.59 Å². The van der Waals surface area contributed by atoms with Crippen LogP contribution in [0.3, 0.4) is 0 Å². The molecule has 1 atom stereocenters. The number of hydrogen-bond donors (Lipinski definition) is 1. The van der Waals surface area contributed by atoms with Crippen LogP contribution in [-0.4, -0.2) is 69.6 Å². The second kappa shape index (κ2) is 9.01. The van der Waals surface area contributed by atoms with Gasteiger partial charge in [0.2, 0.25) is 11.8 Å². The van der Waals surface area contributed by atoms with Gasteiger partial charge in [0.1, 0.15) is 12.4 Å². The summed E-state index contributed by atoms with van der Waals surface area (Å²) in [5.74, 6) is -0.141. The first-order valence-corrected chi connectivity index (χ1v) is 9.79. The molecule has 3 rings (SSSR count). The van der Waals surface area contributed by atoms with E-state index in [0.29, 0.717) is 31.5 Å².